The molecule has 0 heterocycles. The summed E-state index contributed by atoms with van der Waals surface area (Å²) in [6.45, 7) is 2.31. The molecular weight excluding hydrogens is 511 g/mol. The highest BCUT2D eigenvalue weighted by Gasteiger charge is 2.16. The van der Waals surface area contributed by atoms with Crippen LogP contribution in [0.5, 0.6) is 17.2 Å². The van der Waals surface area contributed by atoms with Gasteiger partial charge in [0.1, 0.15) is 24.0 Å². The Morgan fingerprint density at radius 2 is 1.77 bits per heavy atom. The Morgan fingerprint density at radius 3 is 2.40 bits per heavy atom. The Balaban J connectivity index is 1.83. The van der Waals surface area contributed by atoms with E-state index in [1.54, 1.807) is 61.7 Å². The molecule has 1 amide bonds. The van der Waals surface area contributed by atoms with Crippen LogP contribution in [-0.4, -0.2) is 19.6 Å². The topological polar surface area (TPSA) is 80.6 Å². The number of ether oxygens (including phenoxy) is 3. The molecule has 0 fully saturated rings. The summed E-state index contributed by atoms with van der Waals surface area (Å²) in [6, 6.07) is 17.0. The second kappa shape index (κ2) is 12.4. The van der Waals surface area contributed by atoms with Gasteiger partial charge in [0.15, 0.2) is 11.5 Å². The quantitative estimate of drug-likeness (QED) is 0.234. The van der Waals surface area contributed by atoms with Gasteiger partial charge in [0.25, 0.3) is 5.91 Å². The van der Waals surface area contributed by atoms with Crippen LogP contribution in [0, 0.1) is 11.3 Å². The Labute approximate surface area is 218 Å². The second-order valence-corrected chi connectivity index (χ2v) is 8.39. The average molecular weight is 532 g/mol. The minimum atomic E-state index is -0.565. The van der Waals surface area contributed by atoms with E-state index in [1.807, 2.05) is 13.0 Å². The number of nitrogens with one attached hydrogen (secondary N) is 1. The monoisotopic (exact) mass is 530 g/mol. The summed E-state index contributed by atoms with van der Waals surface area (Å²) >= 11 is 18.7. The van der Waals surface area contributed by atoms with Crippen molar-refractivity contribution in [1.82, 2.24) is 0 Å². The maximum Gasteiger partial charge on any atom is 0.266 e. The van der Waals surface area contributed by atoms with Gasteiger partial charge in [-0.25, -0.2) is 0 Å². The molecule has 9 heteroatoms. The van der Waals surface area contributed by atoms with E-state index in [1.165, 1.54) is 6.08 Å². The lowest BCUT2D eigenvalue weighted by molar-refractivity contribution is -0.112. The van der Waals surface area contributed by atoms with Gasteiger partial charge < -0.3 is 19.5 Å². The van der Waals surface area contributed by atoms with Crippen LogP contribution in [0.25, 0.3) is 6.08 Å². The van der Waals surface area contributed by atoms with Crippen molar-refractivity contribution in [3.8, 4) is 23.3 Å². The predicted molar refractivity (Wildman–Crippen MR) is 139 cm³/mol. The second-order valence-electron chi connectivity index (χ2n) is 7.14. The van der Waals surface area contributed by atoms with E-state index < -0.39 is 5.91 Å². The Morgan fingerprint density at radius 1 is 1.03 bits per heavy atom. The molecule has 0 aromatic heterocycles. The molecular formula is C26H21Cl3N2O4. The molecule has 1 N–H and O–H groups in total. The summed E-state index contributed by atoms with van der Waals surface area (Å²) < 4.78 is 16.7. The van der Waals surface area contributed by atoms with Crippen molar-refractivity contribution >= 4 is 52.5 Å². The summed E-state index contributed by atoms with van der Waals surface area (Å²) in [7, 11) is 1.55. The summed E-state index contributed by atoms with van der Waals surface area (Å²) in [5, 5.41) is 13.5. The van der Waals surface area contributed by atoms with Crippen LogP contribution in [0.1, 0.15) is 18.1 Å². The lowest BCUT2D eigenvalue weighted by atomic mass is 10.1. The Kier molecular flexibility index (Phi) is 9.27. The molecule has 0 saturated carbocycles. The van der Waals surface area contributed by atoms with Gasteiger partial charge in [0, 0.05) is 21.3 Å². The first kappa shape index (κ1) is 26.2. The van der Waals surface area contributed by atoms with Gasteiger partial charge in [-0.2, -0.15) is 5.26 Å². The smallest absolute Gasteiger partial charge is 0.266 e. The van der Waals surface area contributed by atoms with E-state index >= 15 is 0 Å². The normalized spacial score (nSPS) is 10.9. The van der Waals surface area contributed by atoms with Gasteiger partial charge in [-0.15, -0.1) is 0 Å². The zero-order valence-electron chi connectivity index (χ0n) is 18.9. The van der Waals surface area contributed by atoms with Gasteiger partial charge in [-0.05, 0) is 67.1 Å². The molecule has 0 aliphatic carbocycles. The SMILES string of the molecule is CCOc1cc(/C=C(\C#N)C(=O)Nc2ccc(OC)cc2)cc(Cl)c1OCc1ccc(Cl)cc1Cl. The van der Waals surface area contributed by atoms with Crippen molar-refractivity contribution in [2.75, 3.05) is 19.0 Å². The van der Waals surface area contributed by atoms with Crippen molar-refractivity contribution in [2.24, 2.45) is 0 Å². The molecule has 0 saturated heterocycles. The molecule has 35 heavy (non-hydrogen) atoms. The third-order valence-corrected chi connectivity index (χ3v) is 5.61. The van der Waals surface area contributed by atoms with E-state index in [4.69, 9.17) is 49.0 Å². The fourth-order valence-electron chi connectivity index (χ4n) is 3.05. The van der Waals surface area contributed by atoms with Gasteiger partial charge in [0.2, 0.25) is 0 Å². The molecule has 0 spiro atoms. The van der Waals surface area contributed by atoms with Crippen molar-refractivity contribution in [2.45, 2.75) is 13.5 Å². The van der Waals surface area contributed by atoms with E-state index in [0.29, 0.717) is 45.2 Å². The molecule has 180 valence electrons. The maximum atomic E-state index is 12.6. The van der Waals surface area contributed by atoms with Crippen LogP contribution in [0.3, 0.4) is 0 Å². The van der Waals surface area contributed by atoms with Crippen LogP contribution < -0.4 is 19.5 Å². The number of hydrogen-bond donors (Lipinski definition) is 1. The van der Waals surface area contributed by atoms with Gasteiger partial charge in [-0.1, -0.05) is 40.9 Å². The number of benzene rings is 3. The van der Waals surface area contributed by atoms with Crippen LogP contribution in [-0.2, 0) is 11.4 Å². The number of hydrogen-bond acceptors (Lipinski definition) is 5. The van der Waals surface area contributed by atoms with Crippen LogP contribution >= 0.6 is 34.8 Å². The number of anilines is 1. The van der Waals surface area contributed by atoms with Crippen molar-refractivity contribution < 1.29 is 19.0 Å². The highest BCUT2D eigenvalue weighted by atomic mass is 35.5. The predicted octanol–water partition coefficient (Wildman–Crippen LogP) is 7.18. The lowest BCUT2D eigenvalue weighted by Gasteiger charge is -2.15. The third-order valence-electron chi connectivity index (χ3n) is 4.74. The average Bonchev–Trinajstić information content (AvgIpc) is 2.83. The van der Waals surface area contributed by atoms with Crippen LogP contribution in [0.2, 0.25) is 15.1 Å². The molecule has 0 radical (unpaired) electrons. The zero-order chi connectivity index (χ0) is 25.4. The van der Waals surface area contributed by atoms with Crippen LogP contribution in [0.15, 0.2) is 60.2 Å². The molecule has 3 aromatic rings. The summed E-state index contributed by atoms with van der Waals surface area (Å²) in [5.74, 6) is 0.768. The zero-order valence-corrected chi connectivity index (χ0v) is 21.2. The number of nitriles is 1. The molecule has 0 unspecified atom stereocenters. The van der Waals surface area contributed by atoms with Gasteiger partial charge in [0.05, 0.1) is 18.7 Å². The van der Waals surface area contributed by atoms with E-state index in [-0.39, 0.29) is 17.2 Å². The van der Waals surface area contributed by atoms with Crippen molar-refractivity contribution in [3.05, 3.63) is 86.4 Å². The number of carbonyl (C=O) groups is 1. The van der Waals surface area contributed by atoms with Crippen LogP contribution in [0.4, 0.5) is 5.69 Å². The largest absolute Gasteiger partial charge is 0.497 e. The number of amides is 1. The standard InChI is InChI=1S/C26H21Cl3N2O4/c1-3-34-24-12-16(10-18(14-30)26(32)31-20-6-8-21(33-2)9-7-20)11-23(29)25(24)35-15-17-4-5-19(27)13-22(17)28/h4-13H,3,15H2,1-2H3,(H,31,32)/b18-10+. The highest BCUT2D eigenvalue weighted by molar-refractivity contribution is 6.35. The molecule has 0 aliphatic rings. The van der Waals surface area contributed by atoms with Crippen molar-refractivity contribution in [1.29, 1.82) is 5.26 Å². The van der Waals surface area contributed by atoms with E-state index in [2.05, 4.69) is 5.32 Å². The molecule has 3 rings (SSSR count). The number of nitrogens with zero attached hydrogens (tertiary/aromatic N) is 1. The number of carbonyl (C=O) groups excluding carboxylic acids is 1. The lowest BCUT2D eigenvalue weighted by Crippen LogP contribution is -2.13. The molecule has 0 aliphatic heterocycles. The molecule has 0 bridgehead atoms. The first-order chi connectivity index (χ1) is 16.8. The van der Waals surface area contributed by atoms with Gasteiger partial charge >= 0.3 is 0 Å². The maximum absolute atomic E-state index is 12.6. The Hall–Kier alpha value is -3.37. The number of halogens is 3. The minimum absolute atomic E-state index is 0.110. The summed E-state index contributed by atoms with van der Waals surface area (Å²) in [6.07, 6.45) is 1.42. The minimum Gasteiger partial charge on any atom is -0.497 e. The van der Waals surface area contributed by atoms with Crippen molar-refractivity contribution in [3.63, 3.8) is 0 Å². The fraction of sp³-hybridized carbons (Fsp3) is 0.154. The Bertz CT molecular complexity index is 1280. The molecule has 3 aromatic carbocycles. The number of methoxy groups -OCH3 is 1. The highest BCUT2D eigenvalue weighted by Crippen LogP contribution is 2.38. The van der Waals surface area contributed by atoms with E-state index in [9.17, 15) is 10.1 Å². The third kappa shape index (κ3) is 7.06. The molecule has 6 nitrogen and oxygen atoms in total. The summed E-state index contributed by atoms with van der Waals surface area (Å²) in [4.78, 5) is 12.6. The first-order valence-corrected chi connectivity index (χ1v) is 11.6. The fourth-order valence-corrected chi connectivity index (χ4v) is 3.79. The molecule has 0 atom stereocenters. The number of rotatable bonds is 9. The van der Waals surface area contributed by atoms with Gasteiger partial charge in [-0.3, -0.25) is 4.79 Å². The summed E-state index contributed by atoms with van der Waals surface area (Å²) in [5.41, 5.74) is 1.63. The first-order valence-electron chi connectivity index (χ1n) is 10.4. The van der Waals surface area contributed by atoms with E-state index in [0.717, 1.165) is 5.56 Å².